The molecule has 2 nitrogen and oxygen atoms in total. The highest BCUT2D eigenvalue weighted by Gasteiger charge is 2.25. The number of rotatable bonds is 6. The Balaban J connectivity index is 1.72. The molecule has 0 amide bonds. The average molecular weight is 253 g/mol. The molecule has 1 aromatic heterocycles. The van der Waals surface area contributed by atoms with Crippen molar-refractivity contribution >= 4 is 11.3 Å². The Morgan fingerprint density at radius 2 is 2.18 bits per heavy atom. The Morgan fingerprint density at radius 1 is 1.35 bits per heavy atom. The molecule has 1 aliphatic heterocycles. The molecule has 0 saturated carbocycles. The number of hydrogen-bond acceptors (Lipinski definition) is 3. The first kappa shape index (κ1) is 13.1. The van der Waals surface area contributed by atoms with E-state index in [1.807, 2.05) is 11.3 Å². The summed E-state index contributed by atoms with van der Waals surface area (Å²) >= 11 is 1.93. The zero-order valence-electron chi connectivity index (χ0n) is 10.9. The van der Waals surface area contributed by atoms with E-state index in [4.69, 9.17) is 4.74 Å². The van der Waals surface area contributed by atoms with Crippen molar-refractivity contribution in [3.63, 3.8) is 0 Å². The number of thiophene rings is 1. The molecule has 0 bridgehead atoms. The highest BCUT2D eigenvalue weighted by atomic mass is 32.1. The van der Waals surface area contributed by atoms with Crippen molar-refractivity contribution in [2.75, 3.05) is 13.2 Å². The smallest absolute Gasteiger partial charge is 0.0613 e. The lowest BCUT2D eigenvalue weighted by atomic mass is 10.00. The Kier molecular flexibility index (Phi) is 5.01. The first-order valence-electron chi connectivity index (χ1n) is 6.73. The van der Waals surface area contributed by atoms with Gasteiger partial charge in [0.2, 0.25) is 0 Å². The predicted octanol–water partition coefficient (Wildman–Crippen LogP) is 3.22. The molecule has 2 atom stereocenters. The van der Waals surface area contributed by atoms with Crippen LogP contribution >= 0.6 is 11.3 Å². The molecule has 0 aliphatic carbocycles. The summed E-state index contributed by atoms with van der Waals surface area (Å²) in [5.74, 6) is 0.714. The van der Waals surface area contributed by atoms with E-state index in [-0.39, 0.29) is 0 Å². The quantitative estimate of drug-likeness (QED) is 0.840. The lowest BCUT2D eigenvalue weighted by Crippen LogP contribution is -2.27. The molecule has 2 unspecified atom stereocenters. The van der Waals surface area contributed by atoms with E-state index in [0.29, 0.717) is 12.0 Å². The number of aryl methyl sites for hydroxylation is 1. The van der Waals surface area contributed by atoms with Gasteiger partial charge in [-0.05, 0) is 37.3 Å². The van der Waals surface area contributed by atoms with E-state index < -0.39 is 0 Å². The van der Waals surface area contributed by atoms with E-state index in [1.165, 1.54) is 16.2 Å². The van der Waals surface area contributed by atoms with Gasteiger partial charge >= 0.3 is 0 Å². The largest absolute Gasteiger partial charge is 0.378 e. The topological polar surface area (TPSA) is 21.3 Å². The molecule has 0 radical (unpaired) electrons. The average Bonchev–Trinajstić information content (AvgIpc) is 2.97. The molecule has 1 fully saturated rings. The van der Waals surface area contributed by atoms with Gasteiger partial charge in [0, 0.05) is 29.5 Å². The van der Waals surface area contributed by atoms with Crippen LogP contribution < -0.4 is 5.32 Å². The molecule has 1 N–H and O–H groups in total. The van der Waals surface area contributed by atoms with Crippen LogP contribution in [-0.4, -0.2) is 19.3 Å². The van der Waals surface area contributed by atoms with Crippen molar-refractivity contribution in [3.8, 4) is 0 Å². The molecule has 2 heterocycles. The van der Waals surface area contributed by atoms with Gasteiger partial charge in [0.05, 0.1) is 6.10 Å². The van der Waals surface area contributed by atoms with Crippen molar-refractivity contribution in [2.24, 2.45) is 5.92 Å². The lowest BCUT2D eigenvalue weighted by molar-refractivity contribution is 0.0872. The SMILES string of the molecule is CCc1ccc(CNCC2CCOC2CC)s1. The third-order valence-corrected chi connectivity index (χ3v) is 4.75. The van der Waals surface area contributed by atoms with Gasteiger partial charge in [0.1, 0.15) is 0 Å². The van der Waals surface area contributed by atoms with Gasteiger partial charge in [-0.2, -0.15) is 0 Å². The first-order chi connectivity index (χ1) is 8.33. The fraction of sp³-hybridized carbons (Fsp3) is 0.714. The summed E-state index contributed by atoms with van der Waals surface area (Å²) in [6, 6.07) is 4.49. The maximum absolute atomic E-state index is 5.70. The summed E-state index contributed by atoms with van der Waals surface area (Å²) in [4.78, 5) is 2.94. The zero-order chi connectivity index (χ0) is 12.1. The minimum atomic E-state index is 0.483. The second-order valence-corrected chi connectivity index (χ2v) is 5.97. The monoisotopic (exact) mass is 253 g/mol. The second-order valence-electron chi connectivity index (χ2n) is 4.72. The van der Waals surface area contributed by atoms with Gasteiger partial charge in [0.15, 0.2) is 0 Å². The van der Waals surface area contributed by atoms with Crippen LogP contribution in [0, 0.1) is 5.92 Å². The van der Waals surface area contributed by atoms with Crippen molar-refractivity contribution in [2.45, 2.75) is 45.8 Å². The van der Waals surface area contributed by atoms with E-state index in [2.05, 4.69) is 31.3 Å². The summed E-state index contributed by atoms with van der Waals surface area (Å²) in [5, 5.41) is 3.58. The van der Waals surface area contributed by atoms with Gasteiger partial charge in [-0.15, -0.1) is 11.3 Å². The molecule has 3 heteroatoms. The van der Waals surface area contributed by atoms with E-state index in [0.717, 1.165) is 32.5 Å². The maximum atomic E-state index is 5.70. The van der Waals surface area contributed by atoms with Crippen LogP contribution in [0.5, 0.6) is 0 Å². The Bertz CT molecular complexity index is 337. The second kappa shape index (κ2) is 6.53. The summed E-state index contributed by atoms with van der Waals surface area (Å²) in [6.07, 6.45) is 4.00. The standard InChI is InChI=1S/C14H23NOS/c1-3-12-5-6-13(17-12)10-15-9-11-7-8-16-14(11)4-2/h5-6,11,14-15H,3-4,7-10H2,1-2H3. The van der Waals surface area contributed by atoms with Crippen molar-refractivity contribution in [1.82, 2.24) is 5.32 Å². The van der Waals surface area contributed by atoms with Gasteiger partial charge in [-0.1, -0.05) is 13.8 Å². The molecule has 17 heavy (non-hydrogen) atoms. The summed E-state index contributed by atoms with van der Waals surface area (Å²) < 4.78 is 5.70. The third-order valence-electron chi connectivity index (χ3n) is 3.52. The van der Waals surface area contributed by atoms with Gasteiger partial charge < -0.3 is 10.1 Å². The minimum absolute atomic E-state index is 0.483. The maximum Gasteiger partial charge on any atom is 0.0613 e. The fourth-order valence-electron chi connectivity index (χ4n) is 2.47. The zero-order valence-corrected chi connectivity index (χ0v) is 11.7. The van der Waals surface area contributed by atoms with Crippen molar-refractivity contribution < 1.29 is 4.74 Å². The van der Waals surface area contributed by atoms with Crippen LogP contribution in [0.15, 0.2) is 12.1 Å². The minimum Gasteiger partial charge on any atom is -0.378 e. The van der Waals surface area contributed by atoms with Crippen LogP contribution in [0.25, 0.3) is 0 Å². The van der Waals surface area contributed by atoms with E-state index in [9.17, 15) is 0 Å². The van der Waals surface area contributed by atoms with Crippen molar-refractivity contribution in [3.05, 3.63) is 21.9 Å². The molecule has 96 valence electrons. The molecule has 1 aliphatic rings. The van der Waals surface area contributed by atoms with Gasteiger partial charge in [0.25, 0.3) is 0 Å². The van der Waals surface area contributed by atoms with E-state index in [1.54, 1.807) is 0 Å². The van der Waals surface area contributed by atoms with Crippen LogP contribution in [0.3, 0.4) is 0 Å². The predicted molar refractivity (Wildman–Crippen MR) is 73.5 cm³/mol. The Hall–Kier alpha value is -0.380. The number of hydrogen-bond donors (Lipinski definition) is 1. The van der Waals surface area contributed by atoms with Gasteiger partial charge in [-0.3, -0.25) is 0 Å². The molecule has 1 aromatic rings. The third kappa shape index (κ3) is 3.54. The normalized spacial score (nSPS) is 24.4. The first-order valence-corrected chi connectivity index (χ1v) is 7.55. The van der Waals surface area contributed by atoms with Crippen molar-refractivity contribution in [1.29, 1.82) is 0 Å². The Morgan fingerprint density at radius 3 is 2.88 bits per heavy atom. The molecular formula is C14H23NOS. The molecule has 2 rings (SSSR count). The number of ether oxygens (including phenoxy) is 1. The lowest BCUT2D eigenvalue weighted by Gasteiger charge is -2.16. The summed E-state index contributed by atoms with van der Waals surface area (Å²) in [6.45, 7) is 7.49. The highest BCUT2D eigenvalue weighted by molar-refractivity contribution is 7.11. The van der Waals surface area contributed by atoms with Crippen LogP contribution in [-0.2, 0) is 17.7 Å². The number of nitrogens with one attached hydrogen (secondary N) is 1. The van der Waals surface area contributed by atoms with Crippen LogP contribution in [0.2, 0.25) is 0 Å². The summed E-state index contributed by atoms with van der Waals surface area (Å²) in [7, 11) is 0. The van der Waals surface area contributed by atoms with Crippen LogP contribution in [0.4, 0.5) is 0 Å². The molecule has 0 spiro atoms. The van der Waals surface area contributed by atoms with Crippen LogP contribution in [0.1, 0.15) is 36.4 Å². The fourth-order valence-corrected chi connectivity index (χ4v) is 3.39. The highest BCUT2D eigenvalue weighted by Crippen LogP contribution is 2.23. The summed E-state index contributed by atoms with van der Waals surface area (Å²) in [5.41, 5.74) is 0. The molecule has 1 saturated heterocycles. The molecule has 0 aromatic carbocycles. The Labute approximate surface area is 108 Å². The van der Waals surface area contributed by atoms with Gasteiger partial charge in [-0.25, -0.2) is 0 Å². The van der Waals surface area contributed by atoms with E-state index >= 15 is 0 Å². The molecular weight excluding hydrogens is 230 g/mol.